The standard InChI is InChI=1S/C25H28N2O5/c1-24(2,21(28)27-14-8-13-25(27,3)22(29)30)26-23(31)32-15-20-18-11-6-4-9-16(18)17-10-5-7-12-19(17)20/h4-7,9-12,20H,8,13-15H2,1-3H3,(H,26,31)(H,29,30)/t25-/m1/s1. The molecule has 32 heavy (non-hydrogen) atoms. The molecule has 2 N–H and O–H groups in total. The summed E-state index contributed by atoms with van der Waals surface area (Å²) in [5.41, 5.74) is 1.90. The first-order valence-corrected chi connectivity index (χ1v) is 10.8. The molecule has 1 aliphatic heterocycles. The Balaban J connectivity index is 1.44. The number of aliphatic carboxylic acids is 1. The second kappa shape index (κ2) is 7.97. The number of fused-ring (bicyclic) bond motifs is 3. The van der Waals surface area contributed by atoms with Crippen LogP contribution in [-0.4, -0.2) is 52.2 Å². The van der Waals surface area contributed by atoms with Gasteiger partial charge in [0.15, 0.2) is 0 Å². The van der Waals surface area contributed by atoms with Crippen molar-refractivity contribution in [3.05, 3.63) is 59.7 Å². The van der Waals surface area contributed by atoms with Crippen LogP contribution >= 0.6 is 0 Å². The van der Waals surface area contributed by atoms with Crippen LogP contribution in [0.2, 0.25) is 0 Å². The zero-order chi connectivity index (χ0) is 23.1. The summed E-state index contributed by atoms with van der Waals surface area (Å²) in [5, 5.41) is 12.2. The lowest BCUT2D eigenvalue weighted by atomic mass is 9.96. The molecule has 0 unspecified atom stereocenters. The highest BCUT2D eigenvalue weighted by atomic mass is 16.5. The summed E-state index contributed by atoms with van der Waals surface area (Å²) in [6, 6.07) is 16.1. The van der Waals surface area contributed by atoms with Gasteiger partial charge < -0.3 is 20.1 Å². The molecule has 2 aromatic carbocycles. The number of benzene rings is 2. The number of likely N-dealkylation sites (tertiary alicyclic amines) is 1. The van der Waals surface area contributed by atoms with Crippen molar-refractivity contribution in [1.82, 2.24) is 10.2 Å². The van der Waals surface area contributed by atoms with E-state index in [4.69, 9.17) is 4.74 Å². The molecule has 0 radical (unpaired) electrons. The summed E-state index contributed by atoms with van der Waals surface area (Å²) in [4.78, 5) is 38.8. The minimum absolute atomic E-state index is 0.0825. The molecular formula is C25H28N2O5. The number of amides is 2. The fourth-order valence-electron chi connectivity index (χ4n) is 4.79. The predicted octanol–water partition coefficient (Wildman–Crippen LogP) is 3.77. The number of rotatable bonds is 5. The van der Waals surface area contributed by atoms with Gasteiger partial charge in [-0.15, -0.1) is 0 Å². The van der Waals surface area contributed by atoms with E-state index in [1.165, 1.54) is 4.90 Å². The molecule has 7 heteroatoms. The molecule has 1 fully saturated rings. The van der Waals surface area contributed by atoms with Gasteiger partial charge in [-0.25, -0.2) is 9.59 Å². The number of ether oxygens (including phenoxy) is 1. The fourth-order valence-corrected chi connectivity index (χ4v) is 4.79. The molecule has 2 aliphatic rings. The van der Waals surface area contributed by atoms with Gasteiger partial charge in [-0.05, 0) is 55.9 Å². The second-order valence-corrected chi connectivity index (χ2v) is 9.21. The fraction of sp³-hybridized carbons (Fsp3) is 0.400. The van der Waals surface area contributed by atoms with Gasteiger partial charge >= 0.3 is 12.1 Å². The van der Waals surface area contributed by atoms with Crippen LogP contribution in [-0.2, 0) is 14.3 Å². The van der Waals surface area contributed by atoms with Gasteiger partial charge in [0.1, 0.15) is 17.7 Å². The van der Waals surface area contributed by atoms with Crippen molar-refractivity contribution in [2.24, 2.45) is 0 Å². The Kier molecular flexibility index (Phi) is 5.44. The van der Waals surface area contributed by atoms with Crippen LogP contribution < -0.4 is 5.32 Å². The lowest BCUT2D eigenvalue weighted by molar-refractivity contribution is -0.157. The Morgan fingerprint density at radius 1 is 1.09 bits per heavy atom. The summed E-state index contributed by atoms with van der Waals surface area (Å²) >= 11 is 0. The molecule has 4 rings (SSSR count). The minimum Gasteiger partial charge on any atom is -0.480 e. The maximum atomic E-state index is 13.1. The van der Waals surface area contributed by atoms with Crippen molar-refractivity contribution in [2.45, 2.75) is 50.6 Å². The first kappa shape index (κ1) is 21.9. The van der Waals surface area contributed by atoms with E-state index in [1.54, 1.807) is 20.8 Å². The topological polar surface area (TPSA) is 95.9 Å². The van der Waals surface area contributed by atoms with Crippen molar-refractivity contribution >= 4 is 18.0 Å². The normalized spacial score (nSPS) is 19.9. The largest absolute Gasteiger partial charge is 0.480 e. The first-order chi connectivity index (χ1) is 15.1. The van der Waals surface area contributed by atoms with Crippen LogP contribution in [0, 0.1) is 0 Å². The van der Waals surface area contributed by atoms with E-state index >= 15 is 0 Å². The lowest BCUT2D eigenvalue weighted by Crippen LogP contribution is -2.61. The maximum absolute atomic E-state index is 13.1. The summed E-state index contributed by atoms with van der Waals surface area (Å²) < 4.78 is 5.55. The summed E-state index contributed by atoms with van der Waals surface area (Å²) in [7, 11) is 0. The van der Waals surface area contributed by atoms with Gasteiger partial charge in [0.05, 0.1) is 0 Å². The van der Waals surface area contributed by atoms with E-state index in [-0.39, 0.29) is 12.5 Å². The minimum atomic E-state index is -1.30. The summed E-state index contributed by atoms with van der Waals surface area (Å²) in [6.45, 7) is 5.16. The Morgan fingerprint density at radius 2 is 1.66 bits per heavy atom. The van der Waals surface area contributed by atoms with E-state index in [9.17, 15) is 19.5 Å². The number of carbonyl (C=O) groups is 3. The van der Waals surface area contributed by atoms with Gasteiger partial charge in [-0.3, -0.25) is 4.79 Å². The average molecular weight is 437 g/mol. The van der Waals surface area contributed by atoms with Gasteiger partial charge in [-0.1, -0.05) is 48.5 Å². The van der Waals surface area contributed by atoms with Crippen LogP contribution in [0.5, 0.6) is 0 Å². The summed E-state index contributed by atoms with van der Waals surface area (Å²) in [5.74, 6) is -1.56. The van der Waals surface area contributed by atoms with E-state index in [2.05, 4.69) is 17.4 Å². The van der Waals surface area contributed by atoms with E-state index in [1.807, 2.05) is 36.4 Å². The number of nitrogens with zero attached hydrogens (tertiary/aromatic N) is 1. The molecule has 2 aromatic rings. The number of carboxylic acid groups (broad SMARTS) is 1. The van der Waals surface area contributed by atoms with Crippen molar-refractivity contribution < 1.29 is 24.2 Å². The Bertz CT molecular complexity index is 1030. The highest BCUT2D eigenvalue weighted by molar-refractivity contribution is 5.94. The maximum Gasteiger partial charge on any atom is 0.408 e. The van der Waals surface area contributed by atoms with E-state index in [0.717, 1.165) is 22.3 Å². The third kappa shape index (κ3) is 3.61. The molecule has 0 saturated carbocycles. The van der Waals surface area contributed by atoms with Crippen LogP contribution in [0.25, 0.3) is 11.1 Å². The number of hydrogen-bond donors (Lipinski definition) is 2. The third-order valence-electron chi connectivity index (χ3n) is 6.64. The predicted molar refractivity (Wildman–Crippen MR) is 119 cm³/mol. The lowest BCUT2D eigenvalue weighted by Gasteiger charge is -2.37. The molecule has 1 atom stereocenters. The summed E-state index contributed by atoms with van der Waals surface area (Å²) in [6.07, 6.45) is 0.284. The quantitative estimate of drug-likeness (QED) is 0.744. The van der Waals surface area contributed by atoms with Crippen LogP contribution in [0.3, 0.4) is 0 Å². The molecule has 1 saturated heterocycles. The second-order valence-electron chi connectivity index (χ2n) is 9.21. The molecule has 0 spiro atoms. The molecule has 2 amide bonds. The van der Waals surface area contributed by atoms with Gasteiger partial charge in [0.25, 0.3) is 0 Å². The van der Waals surface area contributed by atoms with Crippen LogP contribution in [0.15, 0.2) is 48.5 Å². The smallest absolute Gasteiger partial charge is 0.408 e. The van der Waals surface area contributed by atoms with Crippen molar-refractivity contribution in [3.8, 4) is 11.1 Å². The monoisotopic (exact) mass is 436 g/mol. The van der Waals surface area contributed by atoms with Crippen molar-refractivity contribution in [3.63, 3.8) is 0 Å². The van der Waals surface area contributed by atoms with E-state index in [0.29, 0.717) is 19.4 Å². The number of carbonyl (C=O) groups excluding carboxylic acids is 2. The molecule has 168 valence electrons. The highest BCUT2D eigenvalue weighted by Crippen LogP contribution is 2.44. The SMILES string of the molecule is CC(C)(NC(=O)OCC1c2ccccc2-c2ccccc21)C(=O)N1CCC[C@]1(C)C(=O)O. The van der Waals surface area contributed by atoms with Gasteiger partial charge in [0.2, 0.25) is 5.91 Å². The number of carboxylic acids is 1. The van der Waals surface area contributed by atoms with Gasteiger partial charge in [0, 0.05) is 12.5 Å². The number of hydrogen-bond acceptors (Lipinski definition) is 4. The zero-order valence-electron chi connectivity index (χ0n) is 18.6. The van der Waals surface area contributed by atoms with Crippen molar-refractivity contribution in [1.29, 1.82) is 0 Å². The number of nitrogens with one attached hydrogen (secondary N) is 1. The van der Waals surface area contributed by atoms with Crippen molar-refractivity contribution in [2.75, 3.05) is 13.2 Å². The number of alkyl carbamates (subject to hydrolysis) is 1. The molecule has 1 heterocycles. The Labute approximate surface area is 187 Å². The molecular weight excluding hydrogens is 408 g/mol. The Morgan fingerprint density at radius 3 is 2.22 bits per heavy atom. The molecule has 0 aromatic heterocycles. The third-order valence-corrected chi connectivity index (χ3v) is 6.64. The average Bonchev–Trinajstić information content (AvgIpc) is 3.30. The molecule has 0 bridgehead atoms. The van der Waals surface area contributed by atoms with Crippen LogP contribution in [0.4, 0.5) is 4.79 Å². The van der Waals surface area contributed by atoms with Gasteiger partial charge in [-0.2, -0.15) is 0 Å². The van der Waals surface area contributed by atoms with E-state index < -0.39 is 29.0 Å². The van der Waals surface area contributed by atoms with Crippen LogP contribution in [0.1, 0.15) is 50.7 Å². The molecule has 7 nitrogen and oxygen atoms in total. The Hall–Kier alpha value is -3.35. The highest BCUT2D eigenvalue weighted by Gasteiger charge is 2.49. The molecule has 1 aliphatic carbocycles. The first-order valence-electron chi connectivity index (χ1n) is 10.8. The zero-order valence-corrected chi connectivity index (χ0v) is 18.6.